The van der Waals surface area contributed by atoms with Gasteiger partial charge < -0.3 is 0 Å². The van der Waals surface area contributed by atoms with Gasteiger partial charge in [0.1, 0.15) is 0 Å². The molecule has 0 aliphatic rings. The molecule has 1 rings (SSSR count). The summed E-state index contributed by atoms with van der Waals surface area (Å²) in [6.07, 6.45) is 0. The van der Waals surface area contributed by atoms with E-state index in [2.05, 4.69) is 41.3 Å². The summed E-state index contributed by atoms with van der Waals surface area (Å²) in [7, 11) is 0. The van der Waals surface area contributed by atoms with Gasteiger partial charge in [-0.1, -0.05) is 0 Å². The van der Waals surface area contributed by atoms with E-state index in [-0.39, 0.29) is 0 Å². The number of benzene rings is 1. The third kappa shape index (κ3) is 1.64. The number of nitrogens with zero attached hydrogens (tertiary/aromatic N) is 1. The minimum atomic E-state index is 0.683. The van der Waals surface area contributed by atoms with E-state index in [1.54, 1.807) is 6.07 Å². The Kier molecular flexibility index (Phi) is 2.57. The van der Waals surface area contributed by atoms with Crippen molar-refractivity contribution in [1.82, 2.24) is 0 Å². The van der Waals surface area contributed by atoms with Gasteiger partial charge in [0, 0.05) is 8.47 Å². The molecule has 0 unspecified atom stereocenters. The van der Waals surface area contributed by atoms with E-state index in [4.69, 9.17) is 5.26 Å². The van der Waals surface area contributed by atoms with E-state index in [0.29, 0.717) is 5.56 Å². The predicted octanol–water partition coefficient (Wildman–Crippen LogP) is 2.45. The van der Waals surface area contributed by atoms with Crippen LogP contribution in [0.25, 0.3) is 0 Å². The van der Waals surface area contributed by atoms with Crippen LogP contribution < -0.4 is 0 Å². The van der Waals surface area contributed by atoms with Gasteiger partial charge in [-0.3, -0.25) is 0 Å². The maximum atomic E-state index is 8.47. The highest BCUT2D eigenvalue weighted by Crippen LogP contribution is 2.16. The SMILES string of the molecule is N#Cc1ccc(S)c(I)c1. The van der Waals surface area contributed by atoms with Crippen molar-refractivity contribution < 1.29 is 0 Å². The summed E-state index contributed by atoms with van der Waals surface area (Å²) in [5, 5.41) is 8.47. The Morgan fingerprint density at radius 3 is 2.70 bits per heavy atom. The average molecular weight is 261 g/mol. The zero-order valence-corrected chi connectivity index (χ0v) is 8.06. The van der Waals surface area contributed by atoms with Crippen molar-refractivity contribution in [1.29, 1.82) is 5.26 Å². The summed E-state index contributed by atoms with van der Waals surface area (Å²) in [6, 6.07) is 7.44. The Labute approximate surface area is 78.6 Å². The fourth-order valence-electron chi connectivity index (χ4n) is 0.576. The molecule has 0 aliphatic heterocycles. The highest BCUT2D eigenvalue weighted by Gasteiger charge is 1.94. The zero-order valence-electron chi connectivity index (χ0n) is 5.00. The molecule has 0 bridgehead atoms. The molecule has 1 aromatic carbocycles. The van der Waals surface area contributed by atoms with Crippen LogP contribution in [0.3, 0.4) is 0 Å². The molecule has 0 aliphatic carbocycles. The van der Waals surface area contributed by atoms with Crippen LogP contribution in [0.4, 0.5) is 0 Å². The molecule has 0 fully saturated rings. The van der Waals surface area contributed by atoms with E-state index >= 15 is 0 Å². The number of nitriles is 1. The second-order valence-electron chi connectivity index (χ2n) is 1.78. The summed E-state index contributed by atoms with van der Waals surface area (Å²) in [4.78, 5) is 0.916. The first-order valence-electron chi connectivity index (χ1n) is 2.62. The van der Waals surface area contributed by atoms with Gasteiger partial charge in [0.25, 0.3) is 0 Å². The molecule has 0 saturated carbocycles. The molecule has 50 valence electrons. The van der Waals surface area contributed by atoms with Crippen molar-refractivity contribution in [2.75, 3.05) is 0 Å². The standard InChI is InChI=1S/C7H4INS/c8-6-3-5(4-9)1-2-7(6)10/h1-3,10H. The van der Waals surface area contributed by atoms with Gasteiger partial charge in [0.15, 0.2) is 0 Å². The highest BCUT2D eigenvalue weighted by molar-refractivity contribution is 14.1. The first kappa shape index (κ1) is 7.89. The molecule has 10 heavy (non-hydrogen) atoms. The first-order chi connectivity index (χ1) is 4.74. The number of hydrogen-bond acceptors (Lipinski definition) is 2. The summed E-state index contributed by atoms with van der Waals surface area (Å²) in [5.41, 5.74) is 0.683. The molecule has 1 aromatic rings. The van der Waals surface area contributed by atoms with Crippen LogP contribution in [0.5, 0.6) is 0 Å². The van der Waals surface area contributed by atoms with Crippen molar-refractivity contribution in [3.8, 4) is 6.07 Å². The van der Waals surface area contributed by atoms with Crippen molar-refractivity contribution >= 4 is 35.2 Å². The fraction of sp³-hybridized carbons (Fsp3) is 0. The van der Waals surface area contributed by atoms with Gasteiger partial charge in [-0.05, 0) is 40.8 Å². The maximum Gasteiger partial charge on any atom is 0.0991 e. The highest BCUT2D eigenvalue weighted by atomic mass is 127. The van der Waals surface area contributed by atoms with Crippen LogP contribution >= 0.6 is 35.2 Å². The van der Waals surface area contributed by atoms with Crippen LogP contribution in [-0.4, -0.2) is 0 Å². The Morgan fingerprint density at radius 2 is 2.20 bits per heavy atom. The molecular formula is C7H4INS. The third-order valence-corrected chi connectivity index (χ3v) is 2.79. The predicted molar refractivity (Wildman–Crippen MR) is 51.1 cm³/mol. The van der Waals surface area contributed by atoms with Crippen molar-refractivity contribution in [3.05, 3.63) is 27.3 Å². The number of hydrogen-bond donors (Lipinski definition) is 1. The van der Waals surface area contributed by atoms with Gasteiger partial charge in [-0.15, -0.1) is 12.6 Å². The quantitative estimate of drug-likeness (QED) is 0.563. The van der Waals surface area contributed by atoms with Gasteiger partial charge in [0.2, 0.25) is 0 Å². The van der Waals surface area contributed by atoms with E-state index in [1.807, 2.05) is 12.1 Å². The van der Waals surface area contributed by atoms with Gasteiger partial charge in [0.05, 0.1) is 11.6 Å². The van der Waals surface area contributed by atoms with Gasteiger partial charge in [-0.2, -0.15) is 5.26 Å². The molecule has 0 spiro atoms. The molecule has 0 N–H and O–H groups in total. The van der Waals surface area contributed by atoms with Crippen LogP contribution in [-0.2, 0) is 0 Å². The minimum absolute atomic E-state index is 0.683. The third-order valence-electron chi connectivity index (χ3n) is 1.08. The molecule has 0 saturated heterocycles. The van der Waals surface area contributed by atoms with Crippen LogP contribution in [0, 0.1) is 14.9 Å². The zero-order chi connectivity index (χ0) is 7.56. The van der Waals surface area contributed by atoms with Crippen molar-refractivity contribution in [3.63, 3.8) is 0 Å². The van der Waals surface area contributed by atoms with E-state index < -0.39 is 0 Å². The normalized spacial score (nSPS) is 8.90. The summed E-state index contributed by atoms with van der Waals surface area (Å²) in [6.45, 7) is 0. The number of thiol groups is 1. The molecule has 1 nitrogen and oxygen atoms in total. The lowest BCUT2D eigenvalue weighted by atomic mass is 10.2. The van der Waals surface area contributed by atoms with E-state index in [0.717, 1.165) is 8.47 Å². The lowest BCUT2D eigenvalue weighted by Gasteiger charge is -1.94. The molecule has 0 amide bonds. The smallest absolute Gasteiger partial charge is 0.0991 e. The topological polar surface area (TPSA) is 23.8 Å². The van der Waals surface area contributed by atoms with E-state index in [1.165, 1.54) is 0 Å². The van der Waals surface area contributed by atoms with Crippen LogP contribution in [0.1, 0.15) is 5.56 Å². The van der Waals surface area contributed by atoms with Crippen LogP contribution in [0.15, 0.2) is 23.1 Å². The summed E-state index contributed by atoms with van der Waals surface area (Å²) in [5.74, 6) is 0. The largest absolute Gasteiger partial charge is 0.192 e. The number of rotatable bonds is 0. The van der Waals surface area contributed by atoms with Crippen molar-refractivity contribution in [2.24, 2.45) is 0 Å². The van der Waals surface area contributed by atoms with E-state index in [9.17, 15) is 0 Å². The average Bonchev–Trinajstić information content (AvgIpc) is 1.95. The fourth-order valence-corrected chi connectivity index (χ4v) is 1.23. The van der Waals surface area contributed by atoms with Crippen molar-refractivity contribution in [2.45, 2.75) is 4.90 Å². The van der Waals surface area contributed by atoms with Gasteiger partial charge >= 0.3 is 0 Å². The lowest BCUT2D eigenvalue weighted by molar-refractivity contribution is 1.38. The lowest BCUT2D eigenvalue weighted by Crippen LogP contribution is -1.77. The second-order valence-corrected chi connectivity index (χ2v) is 3.42. The monoisotopic (exact) mass is 261 g/mol. The molecule has 0 aromatic heterocycles. The summed E-state index contributed by atoms with van der Waals surface area (Å²) >= 11 is 6.31. The Morgan fingerprint density at radius 1 is 1.50 bits per heavy atom. The second kappa shape index (κ2) is 3.26. The Balaban J connectivity index is 3.20. The number of halogens is 1. The summed E-state index contributed by atoms with van der Waals surface area (Å²) < 4.78 is 1.01. The first-order valence-corrected chi connectivity index (χ1v) is 4.15. The molecule has 0 atom stereocenters. The van der Waals surface area contributed by atoms with Gasteiger partial charge in [-0.25, -0.2) is 0 Å². The molecule has 0 heterocycles. The molecule has 0 radical (unpaired) electrons. The molecular weight excluding hydrogens is 257 g/mol. The Hall–Kier alpha value is -0.210. The Bertz CT molecular complexity index is 290. The van der Waals surface area contributed by atoms with Crippen LogP contribution in [0.2, 0.25) is 0 Å². The minimum Gasteiger partial charge on any atom is -0.192 e. The maximum absolute atomic E-state index is 8.47. The molecule has 3 heteroatoms.